The minimum atomic E-state index is -0.161. The maximum atomic E-state index is 12.7. The number of amides is 1. The van der Waals surface area contributed by atoms with E-state index in [0.717, 1.165) is 60.6 Å². The number of pyridine rings is 2. The average Bonchev–Trinajstić information content (AvgIpc) is 3.20. The van der Waals surface area contributed by atoms with Crippen molar-refractivity contribution in [1.82, 2.24) is 24.4 Å². The molecule has 0 radical (unpaired) electrons. The molecular weight excluding hydrogens is 400 g/mol. The third-order valence-electron chi connectivity index (χ3n) is 6.07. The Labute approximate surface area is 187 Å². The molecule has 1 fully saturated rings. The number of carbonyl (C=O) groups excluding carboxylic acids is 1. The molecule has 5 rings (SSSR count). The van der Waals surface area contributed by atoms with Gasteiger partial charge in [0.2, 0.25) is 0 Å². The van der Waals surface area contributed by atoms with E-state index in [-0.39, 0.29) is 5.91 Å². The number of hydrogen-bond donors (Lipinski definition) is 1. The van der Waals surface area contributed by atoms with Gasteiger partial charge in [0.05, 0.1) is 28.6 Å². The normalized spacial score (nSPS) is 16.8. The molecule has 1 atom stereocenters. The summed E-state index contributed by atoms with van der Waals surface area (Å²) in [4.78, 5) is 28.6. The van der Waals surface area contributed by atoms with Crippen molar-refractivity contribution < 1.29 is 4.79 Å². The molecule has 0 aliphatic carbocycles. The largest absolute Gasteiger partial charge is 0.334 e. The Morgan fingerprint density at radius 2 is 2.06 bits per heavy atom. The first-order chi connectivity index (χ1) is 15.7. The highest BCUT2D eigenvalue weighted by Crippen LogP contribution is 2.26. The van der Waals surface area contributed by atoms with Crippen LogP contribution < -0.4 is 5.32 Å². The van der Waals surface area contributed by atoms with Crippen molar-refractivity contribution in [2.75, 3.05) is 18.4 Å². The number of piperidine rings is 1. The Balaban J connectivity index is 1.23. The van der Waals surface area contributed by atoms with Crippen LogP contribution in [0.5, 0.6) is 0 Å². The van der Waals surface area contributed by atoms with Crippen LogP contribution in [0.4, 0.5) is 5.69 Å². The number of benzene rings is 1. The zero-order valence-corrected chi connectivity index (χ0v) is 18.1. The van der Waals surface area contributed by atoms with Crippen molar-refractivity contribution >= 4 is 22.6 Å². The SMILES string of the molecule is Cn1cnc2ccc(NC(=O)c3ccc([C@H]4CCCN(Cc5ccccn5)C4)nc3)cc21. The van der Waals surface area contributed by atoms with Crippen molar-refractivity contribution in [2.45, 2.75) is 25.3 Å². The number of hydrogen-bond acceptors (Lipinski definition) is 5. The maximum absolute atomic E-state index is 12.7. The van der Waals surface area contributed by atoms with E-state index < -0.39 is 0 Å². The van der Waals surface area contributed by atoms with Crippen LogP contribution in [0.15, 0.2) is 67.3 Å². The molecule has 32 heavy (non-hydrogen) atoms. The average molecular weight is 427 g/mol. The predicted molar refractivity (Wildman–Crippen MR) is 124 cm³/mol. The summed E-state index contributed by atoms with van der Waals surface area (Å²) in [7, 11) is 1.94. The molecule has 7 heteroatoms. The van der Waals surface area contributed by atoms with Crippen molar-refractivity contribution in [3.63, 3.8) is 0 Å². The van der Waals surface area contributed by atoms with Crippen LogP contribution in [0, 0.1) is 0 Å². The number of aromatic nitrogens is 4. The van der Waals surface area contributed by atoms with E-state index >= 15 is 0 Å². The zero-order chi connectivity index (χ0) is 21.9. The Morgan fingerprint density at radius 1 is 1.12 bits per heavy atom. The number of carbonyl (C=O) groups is 1. The quantitative estimate of drug-likeness (QED) is 0.522. The monoisotopic (exact) mass is 426 g/mol. The lowest BCUT2D eigenvalue weighted by atomic mass is 9.94. The van der Waals surface area contributed by atoms with Crippen LogP contribution in [0.1, 0.15) is 40.5 Å². The standard InChI is InChI=1S/C25H26N6O/c1-30-17-28-23-10-8-20(13-24(23)30)29-25(32)18-7-9-22(27-14-18)19-5-4-12-31(15-19)16-21-6-2-3-11-26-21/h2-3,6-11,13-14,17,19H,4-5,12,15-16H2,1H3,(H,29,32)/t19-/m0/s1. The van der Waals surface area contributed by atoms with Gasteiger partial charge in [0.25, 0.3) is 5.91 Å². The van der Waals surface area contributed by atoms with Crippen LogP contribution in [0.3, 0.4) is 0 Å². The van der Waals surface area contributed by atoms with E-state index in [1.165, 1.54) is 0 Å². The van der Waals surface area contributed by atoms with Gasteiger partial charge in [0.1, 0.15) is 0 Å². The second-order valence-electron chi connectivity index (χ2n) is 8.38. The fourth-order valence-corrected chi connectivity index (χ4v) is 4.35. The minimum absolute atomic E-state index is 0.161. The Morgan fingerprint density at radius 3 is 2.88 bits per heavy atom. The van der Waals surface area contributed by atoms with Crippen molar-refractivity contribution in [3.8, 4) is 0 Å². The summed E-state index contributed by atoms with van der Waals surface area (Å²) in [5, 5.41) is 2.97. The number of rotatable bonds is 5. The van der Waals surface area contributed by atoms with Gasteiger partial charge in [-0.1, -0.05) is 6.07 Å². The minimum Gasteiger partial charge on any atom is -0.334 e. The second-order valence-corrected chi connectivity index (χ2v) is 8.38. The summed E-state index contributed by atoms with van der Waals surface area (Å²) in [6.45, 7) is 2.90. The smallest absolute Gasteiger partial charge is 0.257 e. The van der Waals surface area contributed by atoms with E-state index in [4.69, 9.17) is 0 Å². The zero-order valence-electron chi connectivity index (χ0n) is 18.1. The maximum Gasteiger partial charge on any atom is 0.257 e. The Kier molecular flexibility index (Phi) is 5.64. The summed E-state index contributed by atoms with van der Waals surface area (Å²) >= 11 is 0. The van der Waals surface area contributed by atoms with E-state index in [2.05, 4.69) is 31.2 Å². The molecule has 1 aliphatic heterocycles. The Hall–Kier alpha value is -3.58. The van der Waals surface area contributed by atoms with Gasteiger partial charge in [-0.2, -0.15) is 0 Å². The van der Waals surface area contributed by atoms with Crippen molar-refractivity contribution in [1.29, 1.82) is 0 Å². The van der Waals surface area contributed by atoms with E-state index in [9.17, 15) is 4.79 Å². The summed E-state index contributed by atoms with van der Waals surface area (Å²) in [5.41, 5.74) is 5.32. The van der Waals surface area contributed by atoms with E-state index in [0.29, 0.717) is 11.5 Å². The number of fused-ring (bicyclic) bond motifs is 1. The van der Waals surface area contributed by atoms with Crippen LogP contribution >= 0.6 is 0 Å². The highest BCUT2D eigenvalue weighted by molar-refractivity contribution is 6.04. The summed E-state index contributed by atoms with van der Waals surface area (Å²) < 4.78 is 1.93. The number of anilines is 1. The van der Waals surface area contributed by atoms with Crippen molar-refractivity contribution in [2.24, 2.45) is 7.05 Å². The molecule has 4 heterocycles. The van der Waals surface area contributed by atoms with Crippen LogP contribution in [-0.2, 0) is 13.6 Å². The van der Waals surface area contributed by atoms with Crippen LogP contribution in [-0.4, -0.2) is 43.4 Å². The topological polar surface area (TPSA) is 75.9 Å². The van der Waals surface area contributed by atoms with Gasteiger partial charge >= 0.3 is 0 Å². The highest BCUT2D eigenvalue weighted by Gasteiger charge is 2.23. The first-order valence-electron chi connectivity index (χ1n) is 11.0. The van der Waals surface area contributed by atoms with Gasteiger partial charge in [0, 0.05) is 49.8 Å². The molecule has 0 unspecified atom stereocenters. The molecule has 0 spiro atoms. The third kappa shape index (κ3) is 4.38. The van der Waals surface area contributed by atoms with Gasteiger partial charge in [-0.3, -0.25) is 19.7 Å². The molecule has 1 aromatic carbocycles. The molecule has 1 amide bonds. The van der Waals surface area contributed by atoms with Gasteiger partial charge < -0.3 is 9.88 Å². The molecule has 1 aliphatic rings. The number of aryl methyl sites for hydroxylation is 1. The molecule has 162 valence electrons. The lowest BCUT2D eigenvalue weighted by Crippen LogP contribution is -2.34. The van der Waals surface area contributed by atoms with Gasteiger partial charge in [0.15, 0.2) is 0 Å². The number of nitrogens with one attached hydrogen (secondary N) is 1. The molecule has 4 aromatic rings. The Bertz CT molecular complexity index is 1220. The lowest BCUT2D eigenvalue weighted by Gasteiger charge is -2.32. The van der Waals surface area contributed by atoms with Crippen LogP contribution in [0.25, 0.3) is 11.0 Å². The fourth-order valence-electron chi connectivity index (χ4n) is 4.35. The first kappa shape index (κ1) is 20.3. The fraction of sp³-hybridized carbons (Fsp3) is 0.280. The molecule has 0 bridgehead atoms. The molecule has 7 nitrogen and oxygen atoms in total. The van der Waals surface area contributed by atoms with Gasteiger partial charge in [-0.25, -0.2) is 4.98 Å². The summed E-state index contributed by atoms with van der Waals surface area (Å²) in [6, 6.07) is 15.6. The summed E-state index contributed by atoms with van der Waals surface area (Å²) in [5.74, 6) is 0.211. The molecule has 1 saturated heterocycles. The highest BCUT2D eigenvalue weighted by atomic mass is 16.1. The first-order valence-corrected chi connectivity index (χ1v) is 11.0. The van der Waals surface area contributed by atoms with Crippen LogP contribution in [0.2, 0.25) is 0 Å². The third-order valence-corrected chi connectivity index (χ3v) is 6.07. The van der Waals surface area contributed by atoms with E-state index in [1.807, 2.05) is 60.3 Å². The molecule has 1 N–H and O–H groups in total. The summed E-state index contributed by atoms with van der Waals surface area (Å²) in [6.07, 6.45) is 7.55. The van der Waals surface area contributed by atoms with Gasteiger partial charge in [-0.05, 0) is 61.9 Å². The molecule has 3 aromatic heterocycles. The lowest BCUT2D eigenvalue weighted by molar-refractivity contribution is 0.102. The molecular formula is C25H26N6O. The number of imidazole rings is 1. The van der Waals surface area contributed by atoms with Gasteiger partial charge in [-0.15, -0.1) is 0 Å². The van der Waals surface area contributed by atoms with E-state index in [1.54, 1.807) is 12.5 Å². The predicted octanol–water partition coefficient (Wildman–Crippen LogP) is 4.00. The second kappa shape index (κ2) is 8.88. The number of likely N-dealkylation sites (tertiary alicyclic amines) is 1. The molecule has 0 saturated carbocycles. The number of nitrogens with zero attached hydrogens (tertiary/aromatic N) is 5. The van der Waals surface area contributed by atoms with Crippen molar-refractivity contribution in [3.05, 3.63) is 84.2 Å².